The van der Waals surface area contributed by atoms with Crippen molar-refractivity contribution in [3.8, 4) is 5.75 Å². The monoisotopic (exact) mass is 233 g/mol. The zero-order valence-corrected chi connectivity index (χ0v) is 9.21. The first-order chi connectivity index (χ1) is 7.40. The molecule has 0 saturated carbocycles. The third-order valence-corrected chi connectivity index (χ3v) is 2.04. The molecule has 0 atom stereocenters. The molecule has 1 aromatic carbocycles. The predicted octanol–water partition coefficient (Wildman–Crippen LogP) is 2.69. The Balaban J connectivity index is 2.59. The molecule has 0 bridgehead atoms. The fraction of sp³-hybridized carbons (Fsp3) is 0.455. The van der Waals surface area contributed by atoms with Gasteiger partial charge in [0.1, 0.15) is 5.75 Å². The van der Waals surface area contributed by atoms with Crippen molar-refractivity contribution < 1.29 is 17.9 Å². The van der Waals surface area contributed by atoms with E-state index in [9.17, 15) is 13.2 Å². The smallest absolute Gasteiger partial charge is 0.401 e. The third kappa shape index (κ3) is 4.53. The highest BCUT2D eigenvalue weighted by Gasteiger charge is 2.28. The molecule has 1 aromatic rings. The van der Waals surface area contributed by atoms with Crippen molar-refractivity contribution in [2.24, 2.45) is 0 Å². The first-order valence-corrected chi connectivity index (χ1v) is 4.79. The molecule has 1 rings (SSSR count). The maximum atomic E-state index is 12.1. The van der Waals surface area contributed by atoms with E-state index in [1.807, 2.05) is 0 Å². The second-order valence-electron chi connectivity index (χ2n) is 3.64. The topological polar surface area (TPSA) is 12.5 Å². The van der Waals surface area contributed by atoms with E-state index >= 15 is 0 Å². The van der Waals surface area contributed by atoms with Gasteiger partial charge in [0, 0.05) is 6.54 Å². The maximum absolute atomic E-state index is 12.1. The van der Waals surface area contributed by atoms with Crippen molar-refractivity contribution in [2.45, 2.75) is 12.7 Å². The molecule has 0 heterocycles. The van der Waals surface area contributed by atoms with E-state index in [4.69, 9.17) is 4.74 Å². The van der Waals surface area contributed by atoms with Crippen LogP contribution in [0.1, 0.15) is 5.56 Å². The molecule has 0 unspecified atom stereocenters. The Kier molecular flexibility index (Phi) is 4.18. The van der Waals surface area contributed by atoms with Gasteiger partial charge in [-0.25, -0.2) is 0 Å². The molecule has 0 radical (unpaired) electrons. The quantitative estimate of drug-likeness (QED) is 0.792. The van der Waals surface area contributed by atoms with Gasteiger partial charge >= 0.3 is 6.18 Å². The number of hydrogen-bond donors (Lipinski definition) is 0. The summed E-state index contributed by atoms with van der Waals surface area (Å²) >= 11 is 0. The molecule has 0 aliphatic heterocycles. The van der Waals surface area contributed by atoms with E-state index in [1.165, 1.54) is 19.1 Å². The largest absolute Gasteiger partial charge is 0.497 e. The summed E-state index contributed by atoms with van der Waals surface area (Å²) < 4.78 is 41.3. The van der Waals surface area contributed by atoms with Gasteiger partial charge in [-0.1, -0.05) is 12.1 Å². The minimum Gasteiger partial charge on any atom is -0.497 e. The fourth-order valence-corrected chi connectivity index (χ4v) is 1.44. The Bertz CT molecular complexity index is 338. The number of hydrogen-bond acceptors (Lipinski definition) is 2. The summed E-state index contributed by atoms with van der Waals surface area (Å²) in [6.45, 7) is -0.666. The summed E-state index contributed by atoms with van der Waals surface area (Å²) in [4.78, 5) is 1.22. The zero-order chi connectivity index (χ0) is 12.2. The van der Waals surface area contributed by atoms with Gasteiger partial charge in [-0.3, -0.25) is 4.90 Å². The number of ether oxygens (including phenoxy) is 1. The van der Waals surface area contributed by atoms with Gasteiger partial charge in [-0.05, 0) is 24.7 Å². The number of rotatable bonds is 4. The number of benzene rings is 1. The molecule has 16 heavy (non-hydrogen) atoms. The summed E-state index contributed by atoms with van der Waals surface area (Å²) in [6, 6.07) is 7.02. The van der Waals surface area contributed by atoms with Gasteiger partial charge in [-0.15, -0.1) is 0 Å². The Morgan fingerprint density at radius 2 is 2.00 bits per heavy atom. The first-order valence-electron chi connectivity index (χ1n) is 4.79. The summed E-state index contributed by atoms with van der Waals surface area (Å²) in [5.41, 5.74) is 0.797. The first kappa shape index (κ1) is 12.8. The second-order valence-corrected chi connectivity index (χ2v) is 3.64. The van der Waals surface area contributed by atoms with Gasteiger partial charge in [0.05, 0.1) is 13.7 Å². The van der Waals surface area contributed by atoms with E-state index in [0.29, 0.717) is 5.75 Å². The Morgan fingerprint density at radius 3 is 2.56 bits per heavy atom. The van der Waals surface area contributed by atoms with Crippen molar-refractivity contribution >= 4 is 0 Å². The zero-order valence-electron chi connectivity index (χ0n) is 9.21. The highest BCUT2D eigenvalue weighted by atomic mass is 19.4. The lowest BCUT2D eigenvalue weighted by Crippen LogP contribution is -2.30. The van der Waals surface area contributed by atoms with Gasteiger partial charge < -0.3 is 4.74 Å². The maximum Gasteiger partial charge on any atom is 0.401 e. The standard InChI is InChI=1S/C11H14F3NO/c1-15(8-11(12,13)14)7-9-4-3-5-10(6-9)16-2/h3-6H,7-8H2,1-2H3. The number of methoxy groups -OCH3 is 1. The van der Waals surface area contributed by atoms with E-state index in [0.717, 1.165) is 5.56 Å². The van der Waals surface area contributed by atoms with Crippen LogP contribution in [0.4, 0.5) is 13.2 Å². The molecule has 0 aliphatic rings. The highest BCUT2D eigenvalue weighted by Crippen LogP contribution is 2.18. The van der Waals surface area contributed by atoms with Crippen LogP contribution >= 0.6 is 0 Å². The second kappa shape index (κ2) is 5.21. The van der Waals surface area contributed by atoms with Crippen molar-refractivity contribution in [3.05, 3.63) is 29.8 Å². The molecular weight excluding hydrogens is 219 g/mol. The number of nitrogens with zero attached hydrogens (tertiary/aromatic N) is 1. The molecule has 0 saturated heterocycles. The van der Waals surface area contributed by atoms with E-state index in [-0.39, 0.29) is 6.54 Å². The SMILES string of the molecule is COc1cccc(CN(C)CC(F)(F)F)c1. The van der Waals surface area contributed by atoms with Crippen LogP contribution in [0.3, 0.4) is 0 Å². The van der Waals surface area contributed by atoms with Crippen LogP contribution in [-0.4, -0.2) is 31.8 Å². The van der Waals surface area contributed by atoms with Crippen molar-refractivity contribution in [3.63, 3.8) is 0 Å². The van der Waals surface area contributed by atoms with Crippen molar-refractivity contribution in [1.82, 2.24) is 4.90 Å². The van der Waals surface area contributed by atoms with Gasteiger partial charge in [0.2, 0.25) is 0 Å². The Morgan fingerprint density at radius 1 is 1.31 bits per heavy atom. The van der Waals surface area contributed by atoms with Gasteiger partial charge in [0.25, 0.3) is 0 Å². The molecule has 5 heteroatoms. The van der Waals surface area contributed by atoms with Crippen LogP contribution in [0.5, 0.6) is 5.75 Å². The molecule has 0 fully saturated rings. The number of halogens is 3. The summed E-state index contributed by atoms with van der Waals surface area (Å²) in [7, 11) is 2.96. The lowest BCUT2D eigenvalue weighted by molar-refractivity contribution is -0.144. The van der Waals surface area contributed by atoms with E-state index in [2.05, 4.69) is 0 Å². The Labute approximate surface area is 92.6 Å². The van der Waals surface area contributed by atoms with Crippen LogP contribution < -0.4 is 4.74 Å². The normalized spacial score (nSPS) is 11.9. The average Bonchev–Trinajstić information content (AvgIpc) is 2.15. The summed E-state index contributed by atoms with van der Waals surface area (Å²) in [5, 5.41) is 0. The molecule has 0 N–H and O–H groups in total. The average molecular weight is 233 g/mol. The molecular formula is C11H14F3NO. The molecule has 90 valence electrons. The van der Waals surface area contributed by atoms with E-state index < -0.39 is 12.7 Å². The predicted molar refractivity (Wildman–Crippen MR) is 55.4 cm³/mol. The van der Waals surface area contributed by atoms with Gasteiger partial charge in [0.15, 0.2) is 0 Å². The van der Waals surface area contributed by atoms with E-state index in [1.54, 1.807) is 24.3 Å². The molecule has 0 amide bonds. The number of alkyl halides is 3. The molecule has 2 nitrogen and oxygen atoms in total. The minimum absolute atomic E-state index is 0.247. The van der Waals surface area contributed by atoms with Crippen LogP contribution in [0.25, 0.3) is 0 Å². The third-order valence-electron chi connectivity index (χ3n) is 2.04. The molecule has 0 aromatic heterocycles. The highest BCUT2D eigenvalue weighted by molar-refractivity contribution is 5.28. The van der Waals surface area contributed by atoms with Crippen LogP contribution in [0.15, 0.2) is 24.3 Å². The molecule has 0 spiro atoms. The lowest BCUT2D eigenvalue weighted by Gasteiger charge is -2.18. The summed E-state index contributed by atoms with van der Waals surface area (Å²) in [6.07, 6.45) is -4.16. The fourth-order valence-electron chi connectivity index (χ4n) is 1.44. The molecule has 0 aliphatic carbocycles. The van der Waals surface area contributed by atoms with Gasteiger partial charge in [-0.2, -0.15) is 13.2 Å². The minimum atomic E-state index is -4.16. The van der Waals surface area contributed by atoms with Crippen LogP contribution in [0, 0.1) is 0 Å². The summed E-state index contributed by atoms with van der Waals surface area (Å²) in [5.74, 6) is 0.651. The lowest BCUT2D eigenvalue weighted by atomic mass is 10.2. The van der Waals surface area contributed by atoms with Crippen molar-refractivity contribution in [2.75, 3.05) is 20.7 Å². The van der Waals surface area contributed by atoms with Crippen LogP contribution in [0.2, 0.25) is 0 Å². The van der Waals surface area contributed by atoms with Crippen LogP contribution in [-0.2, 0) is 6.54 Å². The van der Waals surface area contributed by atoms with Crippen molar-refractivity contribution in [1.29, 1.82) is 0 Å². The Hall–Kier alpha value is -1.23.